The first-order valence-electron chi connectivity index (χ1n) is 11.9. The number of nitrogens with zero attached hydrogens (tertiary/aromatic N) is 3. The van der Waals surface area contributed by atoms with Crippen LogP contribution in [0.1, 0.15) is 33.6 Å². The summed E-state index contributed by atoms with van der Waals surface area (Å²) in [4.78, 5) is 20.0. The van der Waals surface area contributed by atoms with E-state index in [4.69, 9.17) is 4.74 Å². The number of anilines is 2. The van der Waals surface area contributed by atoms with Crippen LogP contribution in [0.5, 0.6) is 0 Å². The van der Waals surface area contributed by atoms with Gasteiger partial charge in [0.15, 0.2) is 5.82 Å². The second kappa shape index (κ2) is 10.4. The number of benzene rings is 2. The van der Waals surface area contributed by atoms with Gasteiger partial charge in [-0.25, -0.2) is 4.98 Å². The van der Waals surface area contributed by atoms with Crippen molar-refractivity contribution in [1.82, 2.24) is 14.5 Å². The number of carbonyl (C=O) groups is 1. The summed E-state index contributed by atoms with van der Waals surface area (Å²) in [5, 5.41) is 8.77. The minimum Gasteiger partial charge on any atom is -0.379 e. The van der Waals surface area contributed by atoms with Crippen LogP contribution in [0.2, 0.25) is 0 Å². The monoisotopic (exact) mass is 449 g/mol. The Labute approximate surface area is 196 Å². The maximum atomic E-state index is 13.1. The maximum absolute atomic E-state index is 13.1. The average molecular weight is 450 g/mol. The second-order valence-electron chi connectivity index (χ2n) is 9.40. The number of amides is 1. The van der Waals surface area contributed by atoms with Crippen LogP contribution >= 0.6 is 0 Å². The van der Waals surface area contributed by atoms with Crippen LogP contribution in [0.3, 0.4) is 0 Å². The smallest absolute Gasteiger partial charge is 0.248 e. The molecular formula is C26H35N5O2. The highest BCUT2D eigenvalue weighted by atomic mass is 16.5. The van der Waals surface area contributed by atoms with Crippen LogP contribution in [0.4, 0.5) is 11.5 Å². The van der Waals surface area contributed by atoms with Crippen LogP contribution in [0.25, 0.3) is 10.8 Å². The van der Waals surface area contributed by atoms with Gasteiger partial charge in [-0.3, -0.25) is 9.69 Å². The van der Waals surface area contributed by atoms with Crippen LogP contribution < -0.4 is 10.6 Å². The van der Waals surface area contributed by atoms with E-state index in [1.807, 2.05) is 30.7 Å². The second-order valence-corrected chi connectivity index (χ2v) is 9.40. The molecule has 2 N–H and O–H groups in total. The zero-order chi connectivity index (χ0) is 23.3. The molecule has 0 bridgehead atoms. The van der Waals surface area contributed by atoms with E-state index < -0.39 is 0 Å². The SMILES string of the molecule is CCCC(Nc1ccc2ccccc2c1)C(=O)Nc1cn(C(C)(C)CN2CCOCC2)cn1. The van der Waals surface area contributed by atoms with Crippen molar-refractivity contribution in [2.24, 2.45) is 0 Å². The number of hydrogen-bond acceptors (Lipinski definition) is 5. The highest BCUT2D eigenvalue weighted by Gasteiger charge is 2.26. The van der Waals surface area contributed by atoms with Gasteiger partial charge >= 0.3 is 0 Å². The van der Waals surface area contributed by atoms with Gasteiger partial charge in [-0.2, -0.15) is 0 Å². The third-order valence-electron chi connectivity index (χ3n) is 6.23. The predicted octanol–water partition coefficient (Wildman–Crippen LogP) is 4.32. The van der Waals surface area contributed by atoms with E-state index in [0.717, 1.165) is 56.8 Å². The number of nitrogens with one attached hydrogen (secondary N) is 2. The molecule has 1 aliphatic heterocycles. The van der Waals surface area contributed by atoms with Crippen LogP contribution in [0.15, 0.2) is 55.0 Å². The van der Waals surface area contributed by atoms with Crippen molar-refractivity contribution in [2.75, 3.05) is 43.5 Å². The van der Waals surface area contributed by atoms with E-state index in [-0.39, 0.29) is 17.5 Å². The molecular weight excluding hydrogens is 414 g/mol. The molecule has 3 aromatic rings. The molecule has 0 spiro atoms. The summed E-state index contributed by atoms with van der Waals surface area (Å²) in [6.45, 7) is 10.8. The molecule has 0 saturated carbocycles. The minimum absolute atomic E-state index is 0.0683. The van der Waals surface area contributed by atoms with E-state index in [1.165, 1.54) is 5.39 Å². The summed E-state index contributed by atoms with van der Waals surface area (Å²) in [6, 6.07) is 14.1. The standard InChI is InChI=1S/C26H35N5O2/c1-4-7-23(28-22-11-10-20-8-5-6-9-21(20)16-22)25(32)29-24-17-31(19-27-24)26(2,3)18-30-12-14-33-15-13-30/h5-6,8-11,16-17,19,23,28H,4,7,12-15,18H2,1-3H3,(H,29,32). The Balaban J connectivity index is 1.41. The fraction of sp³-hybridized carbons (Fsp3) is 0.462. The molecule has 7 nitrogen and oxygen atoms in total. The molecule has 1 fully saturated rings. The summed E-state index contributed by atoms with van der Waals surface area (Å²) in [5.41, 5.74) is 0.805. The Kier molecular flexibility index (Phi) is 7.30. The third kappa shape index (κ3) is 5.92. The first-order valence-corrected chi connectivity index (χ1v) is 11.9. The van der Waals surface area contributed by atoms with E-state index in [2.05, 4.69) is 70.1 Å². The minimum atomic E-state index is -0.331. The fourth-order valence-corrected chi connectivity index (χ4v) is 4.36. The first-order chi connectivity index (χ1) is 15.9. The Morgan fingerprint density at radius 1 is 1.15 bits per heavy atom. The molecule has 33 heavy (non-hydrogen) atoms. The van der Waals surface area contributed by atoms with Gasteiger partial charge in [0.2, 0.25) is 5.91 Å². The van der Waals surface area contributed by atoms with Gasteiger partial charge in [-0.1, -0.05) is 43.7 Å². The summed E-state index contributed by atoms with van der Waals surface area (Å²) in [7, 11) is 0. The molecule has 1 amide bonds. The Morgan fingerprint density at radius 3 is 2.67 bits per heavy atom. The van der Waals surface area contributed by atoms with Gasteiger partial charge in [0, 0.05) is 31.5 Å². The molecule has 0 radical (unpaired) electrons. The lowest BCUT2D eigenvalue weighted by Crippen LogP contribution is -2.45. The Hall–Kier alpha value is -2.90. The largest absolute Gasteiger partial charge is 0.379 e. The zero-order valence-corrected chi connectivity index (χ0v) is 19.9. The number of fused-ring (bicyclic) bond motifs is 1. The summed E-state index contributed by atoms with van der Waals surface area (Å²) >= 11 is 0. The van der Waals surface area contributed by atoms with Gasteiger partial charge in [0.25, 0.3) is 0 Å². The Bertz CT molecular complexity index is 1070. The van der Waals surface area contributed by atoms with Gasteiger partial charge in [0.1, 0.15) is 6.04 Å². The van der Waals surface area contributed by atoms with Crippen LogP contribution in [-0.2, 0) is 15.1 Å². The molecule has 7 heteroatoms. The lowest BCUT2D eigenvalue weighted by molar-refractivity contribution is -0.117. The van der Waals surface area contributed by atoms with Gasteiger partial charge < -0.3 is 19.9 Å². The van der Waals surface area contributed by atoms with E-state index in [9.17, 15) is 4.79 Å². The van der Waals surface area contributed by atoms with Gasteiger partial charge in [-0.15, -0.1) is 0 Å². The van der Waals surface area contributed by atoms with Crippen molar-refractivity contribution in [2.45, 2.75) is 45.2 Å². The normalized spacial score (nSPS) is 16.0. The van der Waals surface area contributed by atoms with E-state index in [0.29, 0.717) is 5.82 Å². The van der Waals surface area contributed by atoms with Crippen molar-refractivity contribution in [3.63, 3.8) is 0 Å². The van der Waals surface area contributed by atoms with Crippen molar-refractivity contribution >= 4 is 28.2 Å². The molecule has 1 atom stereocenters. The van der Waals surface area contributed by atoms with Crippen molar-refractivity contribution < 1.29 is 9.53 Å². The van der Waals surface area contributed by atoms with E-state index in [1.54, 1.807) is 0 Å². The first kappa shape index (κ1) is 23.3. The van der Waals surface area contributed by atoms with Crippen LogP contribution in [0, 0.1) is 0 Å². The lowest BCUT2D eigenvalue weighted by atomic mass is 10.0. The highest BCUT2D eigenvalue weighted by molar-refractivity contribution is 5.96. The highest BCUT2D eigenvalue weighted by Crippen LogP contribution is 2.22. The molecule has 176 valence electrons. The van der Waals surface area contributed by atoms with Gasteiger partial charge in [-0.05, 0) is 43.2 Å². The number of aromatic nitrogens is 2. The predicted molar refractivity (Wildman–Crippen MR) is 134 cm³/mol. The molecule has 1 saturated heterocycles. The quantitative estimate of drug-likeness (QED) is 0.509. The van der Waals surface area contributed by atoms with Gasteiger partial charge in [0.05, 0.1) is 25.1 Å². The number of morpholine rings is 1. The average Bonchev–Trinajstić information content (AvgIpc) is 3.29. The number of rotatable bonds is 9. The summed E-state index contributed by atoms with van der Waals surface area (Å²) < 4.78 is 7.55. The summed E-state index contributed by atoms with van der Waals surface area (Å²) in [5.74, 6) is 0.512. The third-order valence-corrected chi connectivity index (χ3v) is 6.23. The zero-order valence-electron chi connectivity index (χ0n) is 19.9. The lowest BCUT2D eigenvalue weighted by Gasteiger charge is -2.35. The Morgan fingerprint density at radius 2 is 1.91 bits per heavy atom. The number of ether oxygens (including phenoxy) is 1. The van der Waals surface area contributed by atoms with Crippen LogP contribution in [-0.4, -0.2) is 59.2 Å². The summed E-state index contributed by atoms with van der Waals surface area (Å²) in [6.07, 6.45) is 5.38. The molecule has 1 unspecified atom stereocenters. The number of hydrogen-bond donors (Lipinski definition) is 2. The number of imidazole rings is 1. The molecule has 2 aromatic carbocycles. The van der Waals surface area contributed by atoms with Crippen molar-refractivity contribution in [3.05, 3.63) is 55.0 Å². The maximum Gasteiger partial charge on any atom is 0.248 e. The molecule has 1 aromatic heterocycles. The molecule has 1 aliphatic rings. The topological polar surface area (TPSA) is 71.4 Å². The van der Waals surface area contributed by atoms with E-state index >= 15 is 0 Å². The number of carbonyl (C=O) groups excluding carboxylic acids is 1. The van der Waals surface area contributed by atoms with Crippen molar-refractivity contribution in [1.29, 1.82) is 0 Å². The molecule has 4 rings (SSSR count). The molecule has 0 aliphatic carbocycles. The molecule has 2 heterocycles. The fourth-order valence-electron chi connectivity index (χ4n) is 4.36. The van der Waals surface area contributed by atoms with Crippen molar-refractivity contribution in [3.8, 4) is 0 Å².